The van der Waals surface area contributed by atoms with E-state index in [2.05, 4.69) is 15.6 Å². The van der Waals surface area contributed by atoms with Gasteiger partial charge in [0.15, 0.2) is 0 Å². The summed E-state index contributed by atoms with van der Waals surface area (Å²) in [6.07, 6.45) is 0. The number of rotatable bonds is 4. The zero-order valence-electron chi connectivity index (χ0n) is 16.1. The second-order valence-electron chi connectivity index (χ2n) is 6.79. The van der Waals surface area contributed by atoms with Crippen molar-refractivity contribution < 1.29 is 14.0 Å². The molecule has 4 aromatic rings. The summed E-state index contributed by atoms with van der Waals surface area (Å²) in [6, 6.07) is 22.0. The summed E-state index contributed by atoms with van der Waals surface area (Å²) in [5, 5.41) is 6.25. The number of para-hydroxylation sites is 1. The Morgan fingerprint density at radius 3 is 2.17 bits per heavy atom. The fourth-order valence-electron chi connectivity index (χ4n) is 3.17. The van der Waals surface area contributed by atoms with Gasteiger partial charge in [0.1, 0.15) is 5.82 Å². The number of hydrogen-bond donors (Lipinski definition) is 2. The molecular weight excluding hydrogens is 381 g/mol. The van der Waals surface area contributed by atoms with Crippen molar-refractivity contribution >= 4 is 34.1 Å². The number of halogens is 1. The van der Waals surface area contributed by atoms with Crippen LogP contribution in [0, 0.1) is 5.82 Å². The second-order valence-corrected chi connectivity index (χ2v) is 6.79. The molecule has 0 saturated carbocycles. The van der Waals surface area contributed by atoms with E-state index in [1.807, 2.05) is 36.4 Å². The molecule has 6 heteroatoms. The zero-order chi connectivity index (χ0) is 21.1. The van der Waals surface area contributed by atoms with Crippen molar-refractivity contribution in [3.05, 3.63) is 90.2 Å². The normalized spacial score (nSPS) is 10.6. The quantitative estimate of drug-likeness (QED) is 0.492. The summed E-state index contributed by atoms with van der Waals surface area (Å²) < 4.78 is 13.2. The number of hydrogen-bond acceptors (Lipinski definition) is 3. The molecular formula is C24H18FN3O2. The fourth-order valence-corrected chi connectivity index (χ4v) is 3.17. The lowest BCUT2D eigenvalue weighted by atomic mass is 10.0. The van der Waals surface area contributed by atoms with E-state index >= 15 is 0 Å². The van der Waals surface area contributed by atoms with Gasteiger partial charge in [-0.2, -0.15) is 0 Å². The number of fused-ring (bicyclic) bond motifs is 1. The van der Waals surface area contributed by atoms with Crippen molar-refractivity contribution in [2.24, 2.45) is 0 Å². The Hall–Kier alpha value is -4.06. The Kier molecular flexibility index (Phi) is 5.22. The van der Waals surface area contributed by atoms with Gasteiger partial charge in [-0.25, -0.2) is 9.37 Å². The molecule has 1 aromatic heterocycles. The van der Waals surface area contributed by atoms with Crippen molar-refractivity contribution in [2.75, 3.05) is 10.6 Å². The Labute approximate surface area is 172 Å². The third-order valence-electron chi connectivity index (χ3n) is 4.56. The van der Waals surface area contributed by atoms with Crippen molar-refractivity contribution in [3.8, 4) is 11.3 Å². The van der Waals surface area contributed by atoms with Gasteiger partial charge in [0.05, 0.1) is 16.8 Å². The largest absolute Gasteiger partial charge is 0.326 e. The van der Waals surface area contributed by atoms with Crippen molar-refractivity contribution in [2.45, 2.75) is 6.92 Å². The van der Waals surface area contributed by atoms with E-state index in [0.717, 1.165) is 10.9 Å². The highest BCUT2D eigenvalue weighted by Gasteiger charge is 2.14. The Morgan fingerprint density at radius 1 is 0.833 bits per heavy atom. The lowest BCUT2D eigenvalue weighted by Crippen LogP contribution is -2.13. The van der Waals surface area contributed by atoms with Crippen LogP contribution in [-0.2, 0) is 4.79 Å². The SMILES string of the molecule is CC(=O)Nc1ccc(-c2cc(C(=O)Nc3ccc(F)cc3)c3ccccc3n2)cc1. The monoisotopic (exact) mass is 399 g/mol. The summed E-state index contributed by atoms with van der Waals surface area (Å²) in [6.45, 7) is 1.45. The zero-order valence-corrected chi connectivity index (χ0v) is 16.1. The van der Waals surface area contributed by atoms with Crippen LogP contribution in [0.4, 0.5) is 15.8 Å². The molecule has 0 aliphatic carbocycles. The molecule has 0 aliphatic heterocycles. The van der Waals surface area contributed by atoms with Gasteiger partial charge < -0.3 is 10.6 Å². The molecule has 3 aromatic carbocycles. The van der Waals surface area contributed by atoms with Gasteiger partial charge in [0, 0.05) is 29.2 Å². The van der Waals surface area contributed by atoms with Gasteiger partial charge in [-0.1, -0.05) is 30.3 Å². The van der Waals surface area contributed by atoms with E-state index in [-0.39, 0.29) is 17.6 Å². The lowest BCUT2D eigenvalue weighted by Gasteiger charge is -2.11. The minimum atomic E-state index is -0.368. The molecule has 0 spiro atoms. The maximum atomic E-state index is 13.2. The first-order chi connectivity index (χ1) is 14.5. The summed E-state index contributed by atoms with van der Waals surface area (Å²) in [5.74, 6) is -0.824. The highest BCUT2D eigenvalue weighted by atomic mass is 19.1. The van der Waals surface area contributed by atoms with E-state index in [4.69, 9.17) is 0 Å². The molecule has 148 valence electrons. The highest BCUT2D eigenvalue weighted by Crippen LogP contribution is 2.26. The topological polar surface area (TPSA) is 71.1 Å². The van der Waals surface area contributed by atoms with Crippen LogP contribution in [0.1, 0.15) is 17.3 Å². The summed E-state index contributed by atoms with van der Waals surface area (Å²) in [4.78, 5) is 28.9. The van der Waals surface area contributed by atoms with Crippen LogP contribution in [0.15, 0.2) is 78.9 Å². The molecule has 0 unspecified atom stereocenters. The predicted octanol–water partition coefficient (Wildman–Crippen LogP) is 5.25. The Balaban J connectivity index is 1.73. The number of nitrogens with zero attached hydrogens (tertiary/aromatic N) is 1. The molecule has 5 nitrogen and oxygen atoms in total. The van der Waals surface area contributed by atoms with E-state index in [9.17, 15) is 14.0 Å². The van der Waals surface area contributed by atoms with Gasteiger partial charge >= 0.3 is 0 Å². The first-order valence-corrected chi connectivity index (χ1v) is 9.34. The number of anilines is 2. The van der Waals surface area contributed by atoms with Crippen LogP contribution in [0.2, 0.25) is 0 Å². The smallest absolute Gasteiger partial charge is 0.256 e. The molecule has 0 saturated heterocycles. The standard InChI is InChI=1S/C24H18FN3O2/c1-15(29)26-18-10-6-16(7-11-18)23-14-21(20-4-2-3-5-22(20)28-23)24(30)27-19-12-8-17(25)9-13-19/h2-14H,1H3,(H,26,29)(H,27,30). The maximum Gasteiger partial charge on any atom is 0.256 e. The fraction of sp³-hybridized carbons (Fsp3) is 0.0417. The van der Waals surface area contributed by atoms with Crippen LogP contribution in [-0.4, -0.2) is 16.8 Å². The van der Waals surface area contributed by atoms with Crippen LogP contribution in [0.25, 0.3) is 22.2 Å². The van der Waals surface area contributed by atoms with E-state index < -0.39 is 0 Å². The van der Waals surface area contributed by atoms with Crippen molar-refractivity contribution in [1.82, 2.24) is 4.98 Å². The van der Waals surface area contributed by atoms with E-state index in [0.29, 0.717) is 28.1 Å². The first kappa shape index (κ1) is 19.3. The molecule has 0 atom stereocenters. The molecule has 0 aliphatic rings. The summed E-state index contributed by atoms with van der Waals surface area (Å²) in [7, 11) is 0. The van der Waals surface area contributed by atoms with Gasteiger partial charge in [-0.15, -0.1) is 0 Å². The third kappa shape index (κ3) is 4.17. The average Bonchev–Trinajstić information content (AvgIpc) is 2.74. The predicted molar refractivity (Wildman–Crippen MR) is 116 cm³/mol. The molecule has 4 rings (SSSR count). The van der Waals surface area contributed by atoms with Crippen LogP contribution in [0.5, 0.6) is 0 Å². The highest BCUT2D eigenvalue weighted by molar-refractivity contribution is 6.13. The van der Waals surface area contributed by atoms with Crippen LogP contribution >= 0.6 is 0 Å². The Bertz CT molecular complexity index is 1240. The lowest BCUT2D eigenvalue weighted by molar-refractivity contribution is -0.114. The summed E-state index contributed by atoms with van der Waals surface area (Å²) >= 11 is 0. The molecule has 2 N–H and O–H groups in total. The average molecular weight is 399 g/mol. The first-order valence-electron chi connectivity index (χ1n) is 9.34. The van der Waals surface area contributed by atoms with Crippen LogP contribution < -0.4 is 10.6 Å². The number of carbonyl (C=O) groups excluding carboxylic acids is 2. The third-order valence-corrected chi connectivity index (χ3v) is 4.56. The van der Waals surface area contributed by atoms with E-state index in [1.165, 1.54) is 31.2 Å². The number of amides is 2. The van der Waals surface area contributed by atoms with Gasteiger partial charge in [-0.3, -0.25) is 9.59 Å². The molecule has 0 bridgehead atoms. The molecule has 0 radical (unpaired) electrons. The van der Waals surface area contributed by atoms with Crippen LogP contribution in [0.3, 0.4) is 0 Å². The molecule has 0 fully saturated rings. The molecule has 2 amide bonds. The second kappa shape index (κ2) is 8.13. The number of carbonyl (C=O) groups is 2. The van der Waals surface area contributed by atoms with Gasteiger partial charge in [-0.05, 0) is 48.5 Å². The Morgan fingerprint density at radius 2 is 1.47 bits per heavy atom. The molecule has 30 heavy (non-hydrogen) atoms. The van der Waals surface area contributed by atoms with Crippen molar-refractivity contribution in [3.63, 3.8) is 0 Å². The van der Waals surface area contributed by atoms with Crippen molar-refractivity contribution in [1.29, 1.82) is 0 Å². The summed E-state index contributed by atoms with van der Waals surface area (Å²) in [5.41, 5.74) is 3.78. The number of aromatic nitrogens is 1. The van der Waals surface area contributed by atoms with Gasteiger partial charge in [0.25, 0.3) is 5.91 Å². The minimum Gasteiger partial charge on any atom is -0.326 e. The minimum absolute atomic E-state index is 0.147. The number of pyridine rings is 1. The number of benzene rings is 3. The molecule has 1 heterocycles. The van der Waals surface area contributed by atoms with E-state index in [1.54, 1.807) is 18.2 Å². The van der Waals surface area contributed by atoms with Gasteiger partial charge in [0.2, 0.25) is 5.91 Å². The maximum absolute atomic E-state index is 13.2. The number of nitrogens with one attached hydrogen (secondary N) is 2.